The molecule has 7 heavy (non-hydrogen) atoms. The van der Waals surface area contributed by atoms with Crippen LogP contribution in [-0.4, -0.2) is 8.98 Å². The molecule has 0 spiro atoms. The monoisotopic (exact) mass is 439 g/mol. The molecule has 48 valence electrons. The fraction of sp³-hybridized carbons (Fsp3) is 1.00. The summed E-state index contributed by atoms with van der Waals surface area (Å²) in [4.78, 5) is 0. The first-order valence-corrected chi connectivity index (χ1v) is 12.3. The van der Waals surface area contributed by atoms with Crippen molar-refractivity contribution in [3.05, 3.63) is 0 Å². The first kappa shape index (κ1) is 9.15. The van der Waals surface area contributed by atoms with E-state index in [0.29, 0.717) is 38.7 Å². The van der Waals surface area contributed by atoms with Crippen LogP contribution in [0.4, 0.5) is 0 Å². The first-order chi connectivity index (χ1) is 3.41. The van der Waals surface area contributed by atoms with E-state index in [0.717, 1.165) is 0 Å². The van der Waals surface area contributed by atoms with Crippen molar-refractivity contribution in [3.63, 3.8) is 0 Å². The Bertz CT molecular complexity index is 29.4. The zero-order valence-electron chi connectivity index (χ0n) is 4.05. The van der Waals surface area contributed by atoms with Crippen LogP contribution in [0.2, 0.25) is 0 Å². The number of hydrogen-bond donors (Lipinski definition) is 1. The molecule has 4 heteroatoms. The molecule has 1 nitrogen and oxygen atoms in total. The van der Waals surface area contributed by atoms with Gasteiger partial charge in [-0.15, -0.1) is 0 Å². The number of alkyl halides is 2. The van der Waals surface area contributed by atoms with Crippen molar-refractivity contribution in [3.8, 4) is 0 Å². The Morgan fingerprint density at radius 2 is 2.43 bits per heavy atom. The van der Waals surface area contributed by atoms with Gasteiger partial charge in [-0.05, 0) is 0 Å². The molecule has 0 atom stereocenters. The van der Waals surface area contributed by atoms with Crippen LogP contribution in [0.1, 0.15) is 6.92 Å². The van der Waals surface area contributed by atoms with E-state index in [-0.39, 0.29) is 0 Å². The van der Waals surface area contributed by atoms with Crippen molar-refractivity contribution in [2.45, 2.75) is 6.92 Å². The van der Waals surface area contributed by atoms with Gasteiger partial charge >= 0.3 is 76.8 Å². The van der Waals surface area contributed by atoms with Crippen molar-refractivity contribution in [2.24, 2.45) is 0 Å². The molecule has 0 rings (SSSR count). The maximum absolute atomic E-state index is 3.39. The molecule has 0 bridgehead atoms. The van der Waals surface area contributed by atoms with Gasteiger partial charge in [0.1, 0.15) is 0 Å². The van der Waals surface area contributed by atoms with E-state index in [2.05, 4.69) is 29.1 Å². The van der Waals surface area contributed by atoms with Gasteiger partial charge in [-0.2, -0.15) is 0 Å². The number of nitrogens with one attached hydrogen (secondary N) is 1. The second-order valence-corrected chi connectivity index (χ2v) is 8.07. The van der Waals surface area contributed by atoms with E-state index in [9.17, 15) is 0 Å². The number of halogens is 3. The summed E-state index contributed by atoms with van der Waals surface area (Å²) in [7, 11) is 0. The van der Waals surface area contributed by atoms with Crippen LogP contribution in [0.15, 0.2) is 0 Å². The van der Waals surface area contributed by atoms with Crippen molar-refractivity contribution in [1.82, 2.24) is 3.53 Å². The van der Waals surface area contributed by atoms with Gasteiger partial charge in [0.25, 0.3) is 0 Å². The van der Waals surface area contributed by atoms with E-state index >= 15 is 0 Å². The second-order valence-electron chi connectivity index (χ2n) is 0.795. The maximum atomic E-state index is 3.39. The average Bonchev–Trinajstić information content (AvgIpc) is 1.69. The molecule has 0 aliphatic carbocycles. The Morgan fingerprint density at radius 1 is 1.71 bits per heavy atom. The summed E-state index contributed by atoms with van der Waals surface area (Å²) in [6.45, 7) is 2.26. The summed E-state index contributed by atoms with van der Waals surface area (Å²) in [6, 6.07) is 0. The van der Waals surface area contributed by atoms with Gasteiger partial charge in [-0.1, -0.05) is 0 Å². The molecule has 0 unspecified atom stereocenters. The zero-order valence-corrected chi connectivity index (χ0v) is 10.5. The normalized spacial score (nSPS) is 10.6. The molecule has 0 radical (unpaired) electrons. The molecular weight excluding hydrogens is 431 g/mol. The van der Waals surface area contributed by atoms with Gasteiger partial charge in [0, 0.05) is 0 Å². The van der Waals surface area contributed by atoms with Crippen molar-refractivity contribution in [2.75, 3.05) is 8.98 Å². The van der Waals surface area contributed by atoms with Crippen LogP contribution < -0.4 is 42.2 Å². The van der Waals surface area contributed by atoms with Crippen LogP contribution in [-0.2, 0) is 0 Å². The van der Waals surface area contributed by atoms with Crippen molar-refractivity contribution in [1.29, 1.82) is 0 Å². The van der Waals surface area contributed by atoms with Gasteiger partial charge < -0.3 is 0 Å². The molecule has 0 saturated heterocycles. The predicted molar refractivity (Wildman–Crippen MR) is 32.6 cm³/mol. The molecule has 0 aromatic heterocycles. The fourth-order valence-electron chi connectivity index (χ4n) is 0.149. The Labute approximate surface area is 75.4 Å². The van der Waals surface area contributed by atoms with E-state index < -0.39 is 0 Å². The fourth-order valence-corrected chi connectivity index (χ4v) is 8.00. The van der Waals surface area contributed by atoms with Crippen molar-refractivity contribution >= 4 is 18.6 Å². The molecule has 0 aliphatic rings. The molecule has 0 saturated carbocycles. The minimum atomic E-state index is 0.342. The van der Waals surface area contributed by atoms with E-state index in [1.54, 1.807) is 0 Å². The Hall–Kier alpha value is 2.15. The third-order valence-electron chi connectivity index (χ3n) is 0.384. The van der Waals surface area contributed by atoms with Crippen LogP contribution in [0, 0.1) is 0 Å². The SMILES string of the molecule is CC[I-]CN[I-]I. The van der Waals surface area contributed by atoms with Gasteiger partial charge in [0.05, 0.1) is 0 Å². The topological polar surface area (TPSA) is 12.0 Å². The molecule has 0 aliphatic heterocycles. The standard InChI is InChI=1S/C3H8I3N/c1-2-5-3-7-6-4/h7H,2-3H2,1H3/q-2. The first-order valence-electron chi connectivity index (χ1n) is 1.93. The number of hydrogen-bond acceptors (Lipinski definition) is 1. The average molecular weight is 439 g/mol. The molecule has 1 N–H and O–H groups in total. The predicted octanol–water partition coefficient (Wildman–Crippen LogP) is -5.00. The number of rotatable bonds is 4. The molecule has 0 aromatic rings. The molecule has 0 heterocycles. The van der Waals surface area contributed by atoms with Gasteiger partial charge in [-0.25, -0.2) is 0 Å². The molecular formula is C3H8I3N-2. The second kappa shape index (κ2) is 8.15. The van der Waals surface area contributed by atoms with Gasteiger partial charge in [-0.3, -0.25) is 0 Å². The van der Waals surface area contributed by atoms with Crippen LogP contribution in [0.3, 0.4) is 0 Å². The Kier molecular flexibility index (Phi) is 10.7. The van der Waals surface area contributed by atoms with Gasteiger partial charge in [0.15, 0.2) is 0 Å². The summed E-state index contributed by atoms with van der Waals surface area (Å²) in [5.41, 5.74) is 0. The van der Waals surface area contributed by atoms with Gasteiger partial charge in [0.2, 0.25) is 0 Å². The van der Waals surface area contributed by atoms with E-state index in [1.165, 1.54) is 8.98 Å². The van der Waals surface area contributed by atoms with Crippen LogP contribution in [0.5, 0.6) is 0 Å². The summed E-state index contributed by atoms with van der Waals surface area (Å²) < 4.78 is 6.16. The summed E-state index contributed by atoms with van der Waals surface area (Å²) >= 11 is 3.32. The summed E-state index contributed by atoms with van der Waals surface area (Å²) in [5.74, 6) is 0. The van der Waals surface area contributed by atoms with E-state index in [1.807, 2.05) is 0 Å². The minimum absolute atomic E-state index is 0.342. The third kappa shape index (κ3) is 8.15. The zero-order chi connectivity index (χ0) is 5.54. The molecule has 0 aromatic carbocycles. The molecule has 0 fully saturated rings. The quantitative estimate of drug-likeness (QED) is 0.152. The third-order valence-corrected chi connectivity index (χ3v) is 6.45. The van der Waals surface area contributed by atoms with Crippen molar-refractivity contribution < 1.29 is 38.7 Å². The summed E-state index contributed by atoms with van der Waals surface area (Å²) in [6.07, 6.45) is 0. The Balaban J connectivity index is 2.45. The van der Waals surface area contributed by atoms with Crippen LogP contribution >= 0.6 is 18.6 Å². The summed E-state index contributed by atoms with van der Waals surface area (Å²) in [5, 5.41) is 0. The molecule has 0 amide bonds. The Morgan fingerprint density at radius 3 is 2.86 bits per heavy atom. The van der Waals surface area contributed by atoms with E-state index in [4.69, 9.17) is 0 Å². The van der Waals surface area contributed by atoms with Crippen LogP contribution in [0.25, 0.3) is 0 Å².